The summed E-state index contributed by atoms with van der Waals surface area (Å²) in [5.74, 6) is -0.214. The Morgan fingerprint density at radius 2 is 1.85 bits per heavy atom. The predicted octanol–water partition coefficient (Wildman–Crippen LogP) is 7.48. The van der Waals surface area contributed by atoms with Gasteiger partial charge in [-0.2, -0.15) is 5.26 Å². The first-order valence-corrected chi connectivity index (χ1v) is 11.2. The maximum atomic E-state index is 15.2. The van der Waals surface area contributed by atoms with Crippen LogP contribution in [0.15, 0.2) is 47.0 Å². The molecule has 0 spiro atoms. The van der Waals surface area contributed by atoms with Crippen LogP contribution in [0.4, 0.5) is 4.39 Å². The molecule has 0 aliphatic carbocycles. The van der Waals surface area contributed by atoms with Gasteiger partial charge in [-0.05, 0) is 49.2 Å². The monoisotopic (exact) mass is 498 g/mol. The first-order chi connectivity index (χ1) is 16.3. The summed E-state index contributed by atoms with van der Waals surface area (Å²) in [6.45, 7) is 7.84. The van der Waals surface area contributed by atoms with Crippen molar-refractivity contribution in [1.82, 2.24) is 15.2 Å². The molecule has 0 amide bonds. The van der Waals surface area contributed by atoms with Gasteiger partial charge in [0.25, 0.3) is 5.89 Å². The van der Waals surface area contributed by atoms with Crippen molar-refractivity contribution >= 4 is 23.2 Å². The molecule has 2 aromatic heterocycles. The highest BCUT2D eigenvalue weighted by Crippen LogP contribution is 2.36. The lowest BCUT2D eigenvalue weighted by Crippen LogP contribution is -1.98. The van der Waals surface area contributed by atoms with Crippen molar-refractivity contribution in [2.75, 3.05) is 0 Å². The lowest BCUT2D eigenvalue weighted by Gasteiger charge is -2.11. The zero-order valence-corrected chi connectivity index (χ0v) is 20.5. The average Bonchev–Trinajstić information content (AvgIpc) is 3.27. The summed E-state index contributed by atoms with van der Waals surface area (Å²) in [5.41, 5.74) is 3.01. The Labute approximate surface area is 206 Å². The highest BCUT2D eigenvalue weighted by molar-refractivity contribution is 6.32. The van der Waals surface area contributed by atoms with Crippen LogP contribution in [0.3, 0.4) is 0 Å². The Bertz CT molecular complexity index is 1370. The average molecular weight is 499 g/mol. The largest absolute Gasteiger partial charge is 0.453 e. The van der Waals surface area contributed by atoms with Gasteiger partial charge in [0.2, 0.25) is 5.89 Å². The molecule has 4 rings (SSSR count). The molecule has 174 valence electrons. The van der Waals surface area contributed by atoms with Crippen LogP contribution in [0.5, 0.6) is 11.5 Å². The molecular weight excluding hydrogens is 478 g/mol. The molecule has 0 N–H and O–H groups in total. The molecule has 0 bridgehead atoms. The predicted molar refractivity (Wildman–Crippen MR) is 129 cm³/mol. The zero-order chi connectivity index (χ0) is 24.8. The minimum absolute atomic E-state index is 0.0241. The molecule has 0 aliphatic heterocycles. The number of hydrogen-bond acceptors (Lipinski definition) is 6. The van der Waals surface area contributed by atoms with E-state index in [2.05, 4.69) is 15.2 Å². The number of aromatic nitrogens is 3. The first kappa shape index (κ1) is 25.2. The molecule has 9 heteroatoms. The first-order valence-electron chi connectivity index (χ1n) is 10.5. The Hall–Kier alpha value is -3.47. The minimum atomic E-state index is -0.680. The Morgan fingerprint density at radius 3 is 2.56 bits per heavy atom. The second kappa shape index (κ2) is 11.1. The van der Waals surface area contributed by atoms with Gasteiger partial charge in [0.05, 0.1) is 23.1 Å². The SMILES string of the molecule is CC.Cc1cnc(-c2nnc(Cc3ccc(Cl)c(Oc4cc(Cl)cc(C#N)c4)c3F)o2)c(C)c1. The lowest BCUT2D eigenvalue weighted by atomic mass is 10.1. The van der Waals surface area contributed by atoms with Crippen LogP contribution in [0.2, 0.25) is 10.0 Å². The molecule has 2 aromatic carbocycles. The van der Waals surface area contributed by atoms with Crippen LogP contribution in [-0.2, 0) is 6.42 Å². The molecule has 0 aliphatic rings. The molecule has 0 saturated heterocycles. The molecule has 0 unspecified atom stereocenters. The van der Waals surface area contributed by atoms with E-state index < -0.39 is 5.82 Å². The number of ether oxygens (including phenoxy) is 1. The Kier molecular flexibility index (Phi) is 8.21. The maximum Gasteiger partial charge on any atom is 0.266 e. The topological polar surface area (TPSA) is 84.8 Å². The van der Waals surface area contributed by atoms with Gasteiger partial charge < -0.3 is 9.15 Å². The van der Waals surface area contributed by atoms with Crippen LogP contribution >= 0.6 is 23.2 Å². The van der Waals surface area contributed by atoms with Gasteiger partial charge in [-0.1, -0.05) is 49.2 Å². The summed E-state index contributed by atoms with van der Waals surface area (Å²) in [4.78, 5) is 4.34. The fourth-order valence-electron chi connectivity index (χ4n) is 3.13. The summed E-state index contributed by atoms with van der Waals surface area (Å²) >= 11 is 12.2. The van der Waals surface area contributed by atoms with Crippen LogP contribution < -0.4 is 4.74 Å². The number of pyridine rings is 1. The van der Waals surface area contributed by atoms with Crippen molar-refractivity contribution in [3.63, 3.8) is 0 Å². The number of benzene rings is 2. The smallest absolute Gasteiger partial charge is 0.266 e. The molecule has 2 heterocycles. The van der Waals surface area contributed by atoms with Crippen LogP contribution in [-0.4, -0.2) is 15.2 Å². The Morgan fingerprint density at radius 1 is 1.09 bits per heavy atom. The number of nitrogens with zero attached hydrogens (tertiary/aromatic N) is 4. The molecule has 6 nitrogen and oxygen atoms in total. The van der Waals surface area contributed by atoms with Crippen LogP contribution in [0.1, 0.15) is 42.0 Å². The van der Waals surface area contributed by atoms with Crippen molar-refractivity contribution in [2.45, 2.75) is 34.1 Å². The number of nitriles is 1. The fourth-order valence-corrected chi connectivity index (χ4v) is 3.54. The second-order valence-corrected chi connectivity index (χ2v) is 7.94. The van der Waals surface area contributed by atoms with Crippen molar-refractivity contribution < 1.29 is 13.5 Å². The third-order valence-corrected chi connectivity index (χ3v) is 5.09. The van der Waals surface area contributed by atoms with Gasteiger partial charge >= 0.3 is 0 Å². The quantitative estimate of drug-likeness (QED) is 0.283. The maximum absolute atomic E-state index is 15.2. The second-order valence-electron chi connectivity index (χ2n) is 7.09. The van der Waals surface area contributed by atoms with Crippen molar-refractivity contribution in [2.24, 2.45) is 0 Å². The van der Waals surface area contributed by atoms with Gasteiger partial charge in [0.1, 0.15) is 11.4 Å². The zero-order valence-electron chi connectivity index (χ0n) is 19.0. The van der Waals surface area contributed by atoms with E-state index in [9.17, 15) is 0 Å². The van der Waals surface area contributed by atoms with Crippen LogP contribution in [0.25, 0.3) is 11.6 Å². The van der Waals surface area contributed by atoms with Gasteiger partial charge in [-0.15, -0.1) is 10.2 Å². The molecule has 0 radical (unpaired) electrons. The summed E-state index contributed by atoms with van der Waals surface area (Å²) in [5, 5.41) is 17.5. The molecule has 0 saturated carbocycles. The van der Waals surface area contributed by atoms with E-state index in [0.717, 1.165) is 11.1 Å². The summed E-state index contributed by atoms with van der Waals surface area (Å²) in [6, 6.07) is 11.3. The third kappa shape index (κ3) is 5.71. The van der Waals surface area contributed by atoms with Gasteiger partial charge in [-0.3, -0.25) is 4.98 Å². The molecule has 4 aromatic rings. The summed E-state index contributed by atoms with van der Waals surface area (Å²) in [7, 11) is 0. The van der Waals surface area contributed by atoms with E-state index in [1.165, 1.54) is 30.3 Å². The van der Waals surface area contributed by atoms with E-state index in [0.29, 0.717) is 5.69 Å². The lowest BCUT2D eigenvalue weighted by molar-refractivity contribution is 0.437. The summed E-state index contributed by atoms with van der Waals surface area (Å²) < 4.78 is 26.5. The van der Waals surface area contributed by atoms with Gasteiger partial charge in [0, 0.05) is 16.8 Å². The highest BCUT2D eigenvalue weighted by Gasteiger charge is 2.19. The van der Waals surface area contributed by atoms with Crippen molar-refractivity contribution in [3.8, 4) is 29.2 Å². The van der Waals surface area contributed by atoms with Crippen LogP contribution in [0, 0.1) is 31.0 Å². The number of rotatable bonds is 5. The van der Waals surface area contributed by atoms with E-state index in [1.54, 1.807) is 6.20 Å². The number of halogens is 3. The van der Waals surface area contributed by atoms with Crippen molar-refractivity contribution in [1.29, 1.82) is 5.26 Å². The molecule has 0 fully saturated rings. The van der Waals surface area contributed by atoms with E-state index >= 15 is 4.39 Å². The van der Waals surface area contributed by atoms with E-state index in [-0.39, 0.29) is 50.9 Å². The van der Waals surface area contributed by atoms with Crippen molar-refractivity contribution in [3.05, 3.63) is 86.6 Å². The standard InChI is InChI=1S/C23H15Cl2FN4O2.C2H6/c1-12-5-13(2)21(28-11-12)23-30-29-19(32-23)8-15-3-4-18(25)22(20(15)26)31-17-7-14(10-27)6-16(24)9-17;1-2/h3-7,9,11H,8H2,1-2H3;1-2H3. The molecule has 0 atom stereocenters. The van der Waals surface area contributed by atoms with E-state index in [1.807, 2.05) is 39.8 Å². The minimum Gasteiger partial charge on any atom is -0.453 e. The van der Waals surface area contributed by atoms with Gasteiger partial charge in [-0.25, -0.2) is 4.39 Å². The number of hydrogen-bond donors (Lipinski definition) is 0. The normalized spacial score (nSPS) is 10.3. The van der Waals surface area contributed by atoms with E-state index in [4.69, 9.17) is 37.6 Å². The highest BCUT2D eigenvalue weighted by atomic mass is 35.5. The molecular formula is C25H21Cl2FN4O2. The third-order valence-electron chi connectivity index (χ3n) is 4.58. The molecule has 34 heavy (non-hydrogen) atoms. The Balaban J connectivity index is 0.00000158. The fraction of sp³-hybridized carbons (Fsp3) is 0.200. The summed E-state index contributed by atoms with van der Waals surface area (Å²) in [6.07, 6.45) is 1.73. The van der Waals surface area contributed by atoms with Gasteiger partial charge in [0.15, 0.2) is 11.6 Å². The number of aryl methyl sites for hydroxylation is 2.